The lowest BCUT2D eigenvalue weighted by Gasteiger charge is -1.99. The van der Waals surface area contributed by atoms with Crippen LogP contribution in [0.5, 0.6) is 0 Å². The maximum absolute atomic E-state index is 4.96. The molecule has 0 aromatic carbocycles. The van der Waals surface area contributed by atoms with Gasteiger partial charge in [-0.15, -0.1) is 0 Å². The Hall–Kier alpha value is -0.0800. The van der Waals surface area contributed by atoms with Gasteiger partial charge in [0.15, 0.2) is 0 Å². The van der Waals surface area contributed by atoms with Gasteiger partial charge in [0.25, 0.3) is 0 Å². The van der Waals surface area contributed by atoms with Gasteiger partial charge in [-0.2, -0.15) is 0 Å². The van der Waals surface area contributed by atoms with E-state index in [2.05, 4.69) is 13.8 Å². The van der Waals surface area contributed by atoms with Gasteiger partial charge in [-0.05, 0) is 13.3 Å². The standard InChI is InChI=1S/C6H13O2/c1-3-5-8-6-7-4-2/h2-6H2,1H3. The molecular formula is C6H13O2. The lowest BCUT2D eigenvalue weighted by Crippen LogP contribution is -1.99. The molecule has 0 atom stereocenters. The molecule has 0 heterocycles. The fraction of sp³-hybridized carbons (Fsp3) is 0.833. The van der Waals surface area contributed by atoms with Crippen LogP contribution in [0.4, 0.5) is 0 Å². The predicted octanol–water partition coefficient (Wildman–Crippen LogP) is 1.22. The Labute approximate surface area is 50.8 Å². The first kappa shape index (κ1) is 7.92. The number of rotatable bonds is 5. The summed E-state index contributed by atoms with van der Waals surface area (Å²) in [5.41, 5.74) is 0. The van der Waals surface area contributed by atoms with Crippen molar-refractivity contribution in [2.45, 2.75) is 13.3 Å². The van der Waals surface area contributed by atoms with Gasteiger partial charge in [0.1, 0.15) is 6.79 Å². The highest BCUT2D eigenvalue weighted by atomic mass is 16.7. The maximum Gasteiger partial charge on any atom is 0.146 e. The number of hydrogen-bond donors (Lipinski definition) is 0. The SMILES string of the molecule is [CH2]COCOCCC. The fourth-order valence-corrected chi connectivity index (χ4v) is 0.321. The van der Waals surface area contributed by atoms with E-state index in [4.69, 9.17) is 9.47 Å². The summed E-state index contributed by atoms with van der Waals surface area (Å²) in [6.07, 6.45) is 1.04. The normalized spacial score (nSPS) is 9.75. The minimum Gasteiger partial charge on any atom is -0.355 e. The molecule has 0 N–H and O–H groups in total. The van der Waals surface area contributed by atoms with Crippen molar-refractivity contribution >= 4 is 0 Å². The van der Waals surface area contributed by atoms with Crippen molar-refractivity contribution in [2.75, 3.05) is 20.0 Å². The molecule has 1 radical (unpaired) electrons. The quantitative estimate of drug-likeness (QED) is 0.398. The number of hydrogen-bond acceptors (Lipinski definition) is 2. The first-order valence-corrected chi connectivity index (χ1v) is 2.86. The van der Waals surface area contributed by atoms with Crippen molar-refractivity contribution in [3.05, 3.63) is 6.92 Å². The average Bonchev–Trinajstić information content (AvgIpc) is 1.81. The van der Waals surface area contributed by atoms with E-state index in [-0.39, 0.29) is 0 Å². The Morgan fingerprint density at radius 2 is 2.12 bits per heavy atom. The van der Waals surface area contributed by atoms with E-state index in [1.165, 1.54) is 0 Å². The zero-order valence-electron chi connectivity index (χ0n) is 5.35. The molecule has 0 aliphatic heterocycles. The van der Waals surface area contributed by atoms with Crippen LogP contribution in [0.1, 0.15) is 13.3 Å². The summed E-state index contributed by atoms with van der Waals surface area (Å²) in [7, 11) is 0. The second kappa shape index (κ2) is 6.92. The highest BCUT2D eigenvalue weighted by Gasteiger charge is 1.80. The third kappa shape index (κ3) is 5.92. The third-order valence-corrected chi connectivity index (χ3v) is 0.659. The third-order valence-electron chi connectivity index (χ3n) is 0.659. The molecule has 0 saturated heterocycles. The summed E-state index contributed by atoms with van der Waals surface area (Å²) in [6.45, 7) is 7.19. The van der Waals surface area contributed by atoms with Crippen molar-refractivity contribution in [1.82, 2.24) is 0 Å². The second-order valence-electron chi connectivity index (χ2n) is 1.43. The molecule has 0 spiro atoms. The smallest absolute Gasteiger partial charge is 0.146 e. The second-order valence-corrected chi connectivity index (χ2v) is 1.43. The first-order chi connectivity index (χ1) is 3.91. The molecule has 2 heteroatoms. The van der Waals surface area contributed by atoms with Crippen LogP contribution in [-0.4, -0.2) is 20.0 Å². The van der Waals surface area contributed by atoms with E-state index in [1.54, 1.807) is 0 Å². The molecule has 0 aliphatic rings. The van der Waals surface area contributed by atoms with Gasteiger partial charge in [-0.1, -0.05) is 6.92 Å². The lowest BCUT2D eigenvalue weighted by atomic mass is 10.5. The van der Waals surface area contributed by atoms with Crippen molar-refractivity contribution in [3.8, 4) is 0 Å². The topological polar surface area (TPSA) is 18.5 Å². The predicted molar refractivity (Wildman–Crippen MR) is 32.4 cm³/mol. The molecule has 0 unspecified atom stereocenters. The van der Waals surface area contributed by atoms with Gasteiger partial charge in [0, 0.05) is 13.2 Å². The van der Waals surface area contributed by atoms with Crippen LogP contribution >= 0.6 is 0 Å². The van der Waals surface area contributed by atoms with Crippen molar-refractivity contribution < 1.29 is 9.47 Å². The van der Waals surface area contributed by atoms with E-state index in [0.29, 0.717) is 13.4 Å². The first-order valence-electron chi connectivity index (χ1n) is 2.86. The highest BCUT2D eigenvalue weighted by Crippen LogP contribution is 1.80. The van der Waals surface area contributed by atoms with E-state index in [0.717, 1.165) is 13.0 Å². The molecule has 0 amide bonds. The fourth-order valence-electron chi connectivity index (χ4n) is 0.321. The van der Waals surface area contributed by atoms with Crippen molar-refractivity contribution in [2.24, 2.45) is 0 Å². The van der Waals surface area contributed by atoms with Crippen molar-refractivity contribution in [1.29, 1.82) is 0 Å². The highest BCUT2D eigenvalue weighted by molar-refractivity contribution is 4.25. The van der Waals surface area contributed by atoms with E-state index >= 15 is 0 Å². The van der Waals surface area contributed by atoms with E-state index in [9.17, 15) is 0 Å². The molecule has 0 aromatic rings. The molecule has 0 rings (SSSR count). The van der Waals surface area contributed by atoms with E-state index < -0.39 is 0 Å². The van der Waals surface area contributed by atoms with Crippen LogP contribution in [0.3, 0.4) is 0 Å². The van der Waals surface area contributed by atoms with Gasteiger partial charge in [0.05, 0.1) is 0 Å². The summed E-state index contributed by atoms with van der Waals surface area (Å²) < 4.78 is 9.76. The van der Waals surface area contributed by atoms with Crippen LogP contribution in [0.15, 0.2) is 0 Å². The molecule has 0 aliphatic carbocycles. The Morgan fingerprint density at radius 1 is 1.38 bits per heavy atom. The van der Waals surface area contributed by atoms with Gasteiger partial charge < -0.3 is 9.47 Å². The number of ether oxygens (including phenoxy) is 2. The molecule has 0 bridgehead atoms. The van der Waals surface area contributed by atoms with Gasteiger partial charge in [0.2, 0.25) is 0 Å². The van der Waals surface area contributed by atoms with Crippen LogP contribution in [0, 0.1) is 6.92 Å². The largest absolute Gasteiger partial charge is 0.355 e. The molecule has 2 nitrogen and oxygen atoms in total. The summed E-state index contributed by atoms with van der Waals surface area (Å²) in [5, 5.41) is 0. The Balaban J connectivity index is 2.53. The zero-order valence-corrected chi connectivity index (χ0v) is 5.35. The van der Waals surface area contributed by atoms with Crippen LogP contribution in [0.2, 0.25) is 0 Å². The minimum atomic E-state index is 0.386. The minimum absolute atomic E-state index is 0.386. The molecule has 49 valence electrons. The summed E-state index contributed by atoms with van der Waals surface area (Å²) in [6, 6.07) is 0. The Morgan fingerprint density at radius 3 is 2.62 bits per heavy atom. The lowest BCUT2D eigenvalue weighted by molar-refractivity contribution is -0.0440. The Kier molecular flexibility index (Phi) is 6.85. The van der Waals surface area contributed by atoms with Gasteiger partial charge >= 0.3 is 0 Å². The summed E-state index contributed by atoms with van der Waals surface area (Å²) in [4.78, 5) is 0. The summed E-state index contributed by atoms with van der Waals surface area (Å²) >= 11 is 0. The Bertz CT molecular complexity index is 31.5. The molecular weight excluding hydrogens is 104 g/mol. The molecule has 8 heavy (non-hydrogen) atoms. The zero-order chi connectivity index (χ0) is 6.24. The van der Waals surface area contributed by atoms with Gasteiger partial charge in [-0.3, -0.25) is 0 Å². The van der Waals surface area contributed by atoms with Gasteiger partial charge in [-0.25, -0.2) is 0 Å². The monoisotopic (exact) mass is 117 g/mol. The molecule has 0 saturated carbocycles. The maximum atomic E-state index is 4.96. The van der Waals surface area contributed by atoms with Crippen LogP contribution in [-0.2, 0) is 9.47 Å². The van der Waals surface area contributed by atoms with Crippen LogP contribution < -0.4 is 0 Å². The summed E-state index contributed by atoms with van der Waals surface area (Å²) in [5.74, 6) is 0. The van der Waals surface area contributed by atoms with Crippen LogP contribution in [0.25, 0.3) is 0 Å². The average molecular weight is 117 g/mol. The van der Waals surface area contributed by atoms with E-state index in [1.807, 2.05) is 0 Å². The molecule has 0 fully saturated rings. The van der Waals surface area contributed by atoms with Crippen molar-refractivity contribution in [3.63, 3.8) is 0 Å². The molecule has 0 aromatic heterocycles.